The maximum absolute atomic E-state index is 13.1. The highest BCUT2D eigenvalue weighted by atomic mass is 19.4. The van der Waals surface area contributed by atoms with Crippen molar-refractivity contribution in [1.82, 2.24) is 39.7 Å². The van der Waals surface area contributed by atoms with Crippen molar-refractivity contribution in [2.75, 3.05) is 5.73 Å². The molecule has 208 valence electrons. The van der Waals surface area contributed by atoms with Gasteiger partial charge in [-0.2, -0.15) is 22.8 Å². The number of aromatic nitrogens is 7. The van der Waals surface area contributed by atoms with Crippen LogP contribution >= 0.6 is 0 Å². The Balaban J connectivity index is 1.37. The van der Waals surface area contributed by atoms with E-state index in [0.717, 1.165) is 12.8 Å². The third kappa shape index (κ3) is 4.16. The van der Waals surface area contributed by atoms with Gasteiger partial charge in [0.2, 0.25) is 5.82 Å². The summed E-state index contributed by atoms with van der Waals surface area (Å²) >= 11 is 0. The summed E-state index contributed by atoms with van der Waals surface area (Å²) in [5, 5.41) is 11.9. The summed E-state index contributed by atoms with van der Waals surface area (Å²) in [5.41, 5.74) is 13.5. The van der Waals surface area contributed by atoms with Gasteiger partial charge in [0.15, 0.2) is 11.4 Å². The van der Waals surface area contributed by atoms with Gasteiger partial charge in [0.1, 0.15) is 18.2 Å². The first kappa shape index (κ1) is 25.9. The molecule has 12 nitrogen and oxygen atoms in total. The highest BCUT2D eigenvalue weighted by Crippen LogP contribution is 2.45. The van der Waals surface area contributed by atoms with Crippen molar-refractivity contribution in [3.8, 4) is 11.1 Å². The molecule has 0 spiro atoms. The number of hydrogen-bond donors (Lipinski definition) is 3. The molecule has 2 aliphatic heterocycles. The fourth-order valence-corrected chi connectivity index (χ4v) is 5.97. The fourth-order valence-electron chi connectivity index (χ4n) is 5.97. The summed E-state index contributed by atoms with van der Waals surface area (Å²) in [4.78, 5) is 39.2. The first-order chi connectivity index (χ1) is 19.0. The number of alkyl halides is 3. The van der Waals surface area contributed by atoms with Crippen LogP contribution in [0, 0.1) is 0 Å². The Hall–Kier alpha value is -4.40. The van der Waals surface area contributed by atoms with Gasteiger partial charge >= 0.3 is 6.18 Å². The summed E-state index contributed by atoms with van der Waals surface area (Å²) in [6.45, 7) is 1.41. The van der Waals surface area contributed by atoms with Gasteiger partial charge in [0, 0.05) is 35.3 Å². The Kier molecular flexibility index (Phi) is 6.05. The number of Topliss-reactive ketones (excluding diaryl/α,β-unsaturated/α-hetero) is 1. The van der Waals surface area contributed by atoms with Crippen LogP contribution in [0.15, 0.2) is 30.9 Å². The number of carbonyl (C=O) groups excluding carboxylic acids is 2. The largest absolute Gasteiger partial charge is 0.409 e. The molecule has 2 saturated heterocycles. The second-order valence-corrected chi connectivity index (χ2v) is 10.2. The molecule has 15 heteroatoms. The number of nitrogens with zero attached hydrogens (tertiary/aromatic N) is 7. The summed E-state index contributed by atoms with van der Waals surface area (Å²) < 4.78 is 40.4. The lowest BCUT2D eigenvalue weighted by Gasteiger charge is -2.38. The van der Waals surface area contributed by atoms with E-state index in [9.17, 15) is 22.8 Å². The molecule has 40 heavy (non-hydrogen) atoms. The van der Waals surface area contributed by atoms with Crippen LogP contribution in [-0.4, -0.2) is 69.6 Å². The van der Waals surface area contributed by atoms with Gasteiger partial charge in [-0.3, -0.25) is 14.6 Å². The number of nitrogens with one attached hydrogen (secondary N) is 1. The molecule has 0 radical (unpaired) electrons. The minimum atomic E-state index is -4.62. The van der Waals surface area contributed by atoms with Crippen molar-refractivity contribution in [2.45, 2.75) is 62.8 Å². The van der Waals surface area contributed by atoms with Crippen molar-refractivity contribution >= 4 is 23.2 Å². The Morgan fingerprint density at radius 3 is 2.45 bits per heavy atom. The predicted octanol–water partition coefficient (Wildman–Crippen LogP) is 2.81. The van der Waals surface area contributed by atoms with Crippen LogP contribution in [-0.2, 0) is 0 Å². The molecule has 2 fully saturated rings. The van der Waals surface area contributed by atoms with Crippen LogP contribution in [0.25, 0.3) is 16.8 Å². The van der Waals surface area contributed by atoms with Gasteiger partial charge in [0.25, 0.3) is 5.91 Å². The van der Waals surface area contributed by atoms with Crippen molar-refractivity contribution in [2.24, 2.45) is 5.73 Å². The summed E-state index contributed by atoms with van der Waals surface area (Å²) in [5.74, 6) is -0.329. The number of nitrogen functional groups attached to an aromatic ring is 1. The van der Waals surface area contributed by atoms with E-state index >= 15 is 0 Å². The molecule has 2 aliphatic rings. The molecule has 0 aromatic carbocycles. The van der Waals surface area contributed by atoms with Crippen molar-refractivity contribution in [3.05, 3.63) is 53.6 Å². The van der Waals surface area contributed by atoms with Crippen molar-refractivity contribution in [1.29, 1.82) is 0 Å². The topological polar surface area (TPSA) is 174 Å². The lowest BCUT2D eigenvalue weighted by molar-refractivity contribution is -0.150. The number of H-pyrrole nitrogens is 1. The molecule has 1 unspecified atom stereocenters. The number of nitrogens with two attached hydrogens (primary N) is 2. The highest BCUT2D eigenvalue weighted by Gasteiger charge is 2.46. The third-order valence-corrected chi connectivity index (χ3v) is 7.80. The Labute approximate surface area is 225 Å². The van der Waals surface area contributed by atoms with E-state index in [1.807, 2.05) is 4.90 Å². The Morgan fingerprint density at radius 2 is 1.88 bits per heavy atom. The summed E-state index contributed by atoms with van der Waals surface area (Å²) in [6, 6.07) is 0.333. The average Bonchev–Trinajstić information content (AvgIpc) is 3.65. The number of hydrogen-bond acceptors (Lipinski definition) is 9. The lowest BCUT2D eigenvalue weighted by Crippen LogP contribution is -2.46. The van der Waals surface area contributed by atoms with E-state index in [4.69, 9.17) is 16.5 Å². The second kappa shape index (κ2) is 9.36. The van der Waals surface area contributed by atoms with E-state index in [1.54, 1.807) is 0 Å². The quantitative estimate of drug-likeness (QED) is 0.313. The van der Waals surface area contributed by atoms with Gasteiger partial charge in [-0.25, -0.2) is 4.98 Å². The molecule has 6 rings (SSSR count). The molecular weight excluding hydrogens is 529 g/mol. The minimum absolute atomic E-state index is 0.0700. The lowest BCUT2D eigenvalue weighted by atomic mass is 9.85. The normalized spacial score (nSPS) is 21.6. The molecule has 5 N–H and O–H groups in total. The Morgan fingerprint density at radius 1 is 1.15 bits per heavy atom. The smallest absolute Gasteiger partial charge is 0.383 e. The van der Waals surface area contributed by atoms with Crippen molar-refractivity contribution < 1.29 is 22.8 Å². The van der Waals surface area contributed by atoms with E-state index < -0.39 is 12.2 Å². The number of ketones is 1. The van der Waals surface area contributed by atoms with Crippen LogP contribution in [0.1, 0.15) is 76.9 Å². The van der Waals surface area contributed by atoms with Crippen LogP contribution in [0.2, 0.25) is 0 Å². The molecule has 6 heterocycles. The van der Waals surface area contributed by atoms with Gasteiger partial charge in [0.05, 0.1) is 23.1 Å². The third-order valence-electron chi connectivity index (χ3n) is 7.80. The van der Waals surface area contributed by atoms with Crippen LogP contribution in [0.3, 0.4) is 0 Å². The predicted molar refractivity (Wildman–Crippen MR) is 135 cm³/mol. The number of pyridine rings is 1. The maximum atomic E-state index is 13.1. The van der Waals surface area contributed by atoms with Crippen molar-refractivity contribution in [3.63, 3.8) is 0 Å². The molecule has 4 atom stereocenters. The van der Waals surface area contributed by atoms with Gasteiger partial charge in [-0.15, -0.1) is 10.2 Å². The van der Waals surface area contributed by atoms with E-state index in [-0.39, 0.29) is 52.6 Å². The SMILES string of the molecule is CC(=O)c1c([C@@H]2C[C@H]3CC[C@@H](C2)N3C(=O)c2nnc[nH]2)nc2c(-c3ccc(C(N)C(F)(F)F)nc3)cnn2c1N. The molecule has 2 bridgehead atoms. The zero-order chi connectivity index (χ0) is 28.3. The summed E-state index contributed by atoms with van der Waals surface area (Å²) in [7, 11) is 0. The summed E-state index contributed by atoms with van der Waals surface area (Å²) in [6.07, 6.45) is 2.27. The highest BCUT2D eigenvalue weighted by molar-refractivity contribution is 6.00. The number of carbonyl (C=O) groups is 2. The molecule has 0 saturated carbocycles. The molecule has 0 aliphatic carbocycles. The fraction of sp³-hybridized carbons (Fsp3) is 0.400. The molecular formula is C25H25F3N10O2. The van der Waals surface area contributed by atoms with Crippen LogP contribution in [0.4, 0.5) is 19.0 Å². The average molecular weight is 555 g/mol. The van der Waals surface area contributed by atoms with E-state index in [2.05, 4.69) is 25.3 Å². The number of aromatic amines is 1. The zero-order valence-corrected chi connectivity index (χ0v) is 21.3. The number of fused-ring (bicyclic) bond motifs is 3. The standard InChI is InChI=1S/C25H25F3N10O2/c1-11(39)18-19(13-6-14-3-4-15(7-13)37(14)24(40)22-32-10-33-36-22)35-23-16(9-34-38(23)21(18)30)12-2-5-17(31-8-12)20(29)25(26,27)28/h2,5,8-10,13-15,20H,3-4,6-7,29-30H2,1H3,(H,32,33,36)/t13-,14-,15+,20?. The minimum Gasteiger partial charge on any atom is -0.383 e. The maximum Gasteiger partial charge on any atom is 0.409 e. The van der Waals surface area contributed by atoms with Crippen LogP contribution < -0.4 is 11.5 Å². The first-order valence-electron chi connectivity index (χ1n) is 12.7. The van der Waals surface area contributed by atoms with Gasteiger partial charge < -0.3 is 21.4 Å². The monoisotopic (exact) mass is 554 g/mol. The Bertz CT molecular complexity index is 1590. The number of amides is 1. The second-order valence-electron chi connectivity index (χ2n) is 10.2. The van der Waals surface area contributed by atoms with Gasteiger partial charge in [-0.05, 0) is 38.7 Å². The number of rotatable bonds is 5. The number of halogens is 3. The molecule has 4 aromatic rings. The van der Waals surface area contributed by atoms with E-state index in [1.165, 1.54) is 42.3 Å². The zero-order valence-electron chi connectivity index (χ0n) is 21.3. The number of anilines is 1. The molecule has 1 amide bonds. The van der Waals surface area contributed by atoms with E-state index in [0.29, 0.717) is 35.3 Å². The van der Waals surface area contributed by atoms with Crippen LogP contribution in [0.5, 0.6) is 0 Å². The van der Waals surface area contributed by atoms with Gasteiger partial charge in [-0.1, -0.05) is 6.07 Å². The number of piperidine rings is 1. The molecule has 4 aromatic heterocycles. The first-order valence-corrected chi connectivity index (χ1v) is 12.7.